The monoisotopic (exact) mass is 606 g/mol. The molecule has 1 spiro atoms. The Hall–Kier alpha value is -3.72. The van der Waals surface area contributed by atoms with Gasteiger partial charge in [-0.3, -0.25) is 9.59 Å². The van der Waals surface area contributed by atoms with Crippen LogP contribution in [0.2, 0.25) is 0 Å². The van der Waals surface area contributed by atoms with E-state index in [1.54, 1.807) is 32.1 Å². The Morgan fingerprint density at radius 2 is 1.65 bits per heavy atom. The van der Waals surface area contributed by atoms with Crippen molar-refractivity contribution in [1.29, 1.82) is 0 Å². The number of carboxylic acid groups (broad SMARTS) is 1. The maximum atomic E-state index is 14.5. The van der Waals surface area contributed by atoms with Crippen molar-refractivity contribution in [3.8, 4) is 11.1 Å². The van der Waals surface area contributed by atoms with Crippen molar-refractivity contribution in [3.05, 3.63) is 80.3 Å². The molecule has 228 valence electrons. The summed E-state index contributed by atoms with van der Waals surface area (Å²) in [6, 6.07) is 12.7. The summed E-state index contributed by atoms with van der Waals surface area (Å²) in [7, 11) is 0. The van der Waals surface area contributed by atoms with Gasteiger partial charge in [-0.25, -0.2) is 9.18 Å². The first-order valence-corrected chi connectivity index (χ1v) is 15.5. The van der Waals surface area contributed by atoms with Gasteiger partial charge in [0.2, 0.25) is 0 Å². The maximum Gasteiger partial charge on any atom is 0.407 e. The van der Waals surface area contributed by atoms with E-state index in [1.165, 1.54) is 12.1 Å². The van der Waals surface area contributed by atoms with Crippen LogP contribution in [0.3, 0.4) is 0 Å². The molecule has 3 aromatic rings. The van der Waals surface area contributed by atoms with Gasteiger partial charge in [-0.05, 0) is 118 Å². The van der Waals surface area contributed by atoms with Crippen molar-refractivity contribution < 1.29 is 28.6 Å². The zero-order valence-corrected chi connectivity index (χ0v) is 26.1. The maximum absolute atomic E-state index is 14.5. The summed E-state index contributed by atoms with van der Waals surface area (Å²) >= 11 is 1.62. The van der Waals surface area contributed by atoms with E-state index in [9.17, 15) is 23.9 Å². The van der Waals surface area contributed by atoms with Gasteiger partial charge >= 0.3 is 12.1 Å². The molecule has 2 aliphatic carbocycles. The number of aliphatic carboxylic acids is 1. The lowest BCUT2D eigenvalue weighted by Crippen LogP contribution is -2.57. The second-order valence-electron chi connectivity index (χ2n) is 13.2. The molecule has 0 unspecified atom stereocenters. The van der Waals surface area contributed by atoms with Crippen LogP contribution in [0.25, 0.3) is 11.1 Å². The molecule has 0 bridgehead atoms. The number of nitrogens with one attached hydrogen (secondary N) is 2. The zero-order chi connectivity index (χ0) is 31.1. The highest BCUT2D eigenvalue weighted by Gasteiger charge is 2.55. The molecule has 7 nitrogen and oxygen atoms in total. The summed E-state index contributed by atoms with van der Waals surface area (Å²) in [5, 5.41) is 15.1. The van der Waals surface area contributed by atoms with Crippen LogP contribution in [0.5, 0.6) is 0 Å². The molecule has 5 rings (SSSR count). The average Bonchev–Trinajstić information content (AvgIpc) is 3.14. The van der Waals surface area contributed by atoms with Gasteiger partial charge < -0.3 is 20.5 Å². The quantitative estimate of drug-likeness (QED) is 0.252. The number of carbonyl (C=O) groups is 3. The fourth-order valence-corrected chi connectivity index (χ4v) is 7.58. The minimum absolute atomic E-state index is 0.0605. The van der Waals surface area contributed by atoms with Crippen molar-refractivity contribution in [2.75, 3.05) is 0 Å². The van der Waals surface area contributed by atoms with E-state index in [0.29, 0.717) is 30.4 Å². The summed E-state index contributed by atoms with van der Waals surface area (Å²) in [6.07, 6.45) is 3.17. The number of ether oxygens (including phenoxy) is 1. The fourth-order valence-electron chi connectivity index (χ4n) is 6.51. The standard InChI is InChI=1S/C34H39FN2O5S/c1-19-28(29(20(2)43-19)30(38)37-27-16-34(17-27)14-25(15-34)31(39)40)12-21-6-8-23(9-7-21)24-10-22(11-26(35)13-24)18-36-32(41)42-33(3,4)5/h6-11,13,25,27H,12,14-18H2,1-5H3,(H,36,41)(H,37,38)(H,39,40). The highest BCUT2D eigenvalue weighted by molar-refractivity contribution is 7.12. The molecule has 1 heterocycles. The number of hydrogen-bond acceptors (Lipinski definition) is 5. The van der Waals surface area contributed by atoms with Crippen LogP contribution in [-0.2, 0) is 22.5 Å². The fraction of sp³-hybridized carbons (Fsp3) is 0.441. The smallest absolute Gasteiger partial charge is 0.407 e. The van der Waals surface area contributed by atoms with Crippen LogP contribution >= 0.6 is 11.3 Å². The average molecular weight is 607 g/mol. The third-order valence-electron chi connectivity index (χ3n) is 8.48. The Kier molecular flexibility index (Phi) is 8.40. The molecule has 2 aliphatic rings. The van der Waals surface area contributed by atoms with Gasteiger partial charge in [0, 0.05) is 22.3 Å². The van der Waals surface area contributed by atoms with Crippen LogP contribution < -0.4 is 10.6 Å². The van der Waals surface area contributed by atoms with Crippen LogP contribution in [0.15, 0.2) is 42.5 Å². The molecule has 0 atom stereocenters. The third-order valence-corrected chi connectivity index (χ3v) is 9.54. The number of hydrogen-bond donors (Lipinski definition) is 3. The number of halogens is 1. The molecule has 2 fully saturated rings. The summed E-state index contributed by atoms with van der Waals surface area (Å²) in [4.78, 5) is 38.7. The van der Waals surface area contributed by atoms with Crippen LogP contribution in [0.1, 0.15) is 83.3 Å². The van der Waals surface area contributed by atoms with E-state index in [2.05, 4.69) is 10.6 Å². The van der Waals surface area contributed by atoms with Gasteiger partial charge in [0.1, 0.15) is 11.4 Å². The van der Waals surface area contributed by atoms with Crippen molar-refractivity contribution in [2.24, 2.45) is 11.3 Å². The lowest BCUT2D eigenvalue weighted by atomic mass is 9.50. The topological polar surface area (TPSA) is 105 Å². The number of alkyl carbamates (subject to hydrolysis) is 1. The van der Waals surface area contributed by atoms with Crippen molar-refractivity contribution >= 4 is 29.3 Å². The van der Waals surface area contributed by atoms with E-state index in [0.717, 1.165) is 44.8 Å². The molecule has 1 aromatic heterocycles. The molecule has 0 saturated heterocycles. The van der Waals surface area contributed by atoms with E-state index in [-0.39, 0.29) is 35.6 Å². The number of amides is 2. The van der Waals surface area contributed by atoms with Gasteiger partial charge in [-0.15, -0.1) is 11.3 Å². The summed E-state index contributed by atoms with van der Waals surface area (Å²) in [5.74, 6) is -1.40. The number of thiophene rings is 1. The van der Waals surface area contributed by atoms with E-state index in [1.807, 2.05) is 44.2 Å². The Morgan fingerprint density at radius 1 is 0.977 bits per heavy atom. The highest BCUT2D eigenvalue weighted by atomic mass is 32.1. The number of rotatable bonds is 8. The van der Waals surface area contributed by atoms with Crippen molar-refractivity contribution in [3.63, 3.8) is 0 Å². The van der Waals surface area contributed by atoms with Gasteiger partial charge in [-0.1, -0.05) is 24.3 Å². The first kappa shape index (κ1) is 30.7. The molecule has 0 aliphatic heterocycles. The number of carboxylic acids is 1. The second-order valence-corrected chi connectivity index (χ2v) is 14.6. The van der Waals surface area contributed by atoms with E-state index in [4.69, 9.17) is 4.74 Å². The Bertz CT molecular complexity index is 1540. The summed E-state index contributed by atoms with van der Waals surface area (Å²) < 4.78 is 19.7. The van der Waals surface area contributed by atoms with E-state index < -0.39 is 17.7 Å². The molecule has 2 aromatic carbocycles. The SMILES string of the molecule is Cc1sc(C)c(C(=O)NC2CC3(C2)CC(C(=O)O)C3)c1Cc1ccc(-c2cc(F)cc(CNC(=O)OC(C)(C)C)c2)cc1. The summed E-state index contributed by atoms with van der Waals surface area (Å²) in [5.41, 5.74) is 4.44. The molecule has 3 N–H and O–H groups in total. The molecule has 2 amide bonds. The Morgan fingerprint density at radius 3 is 2.28 bits per heavy atom. The van der Waals surface area contributed by atoms with Crippen LogP contribution in [0, 0.1) is 31.0 Å². The van der Waals surface area contributed by atoms with Gasteiger partial charge in [0.25, 0.3) is 5.91 Å². The number of aryl methyl sites for hydroxylation is 2. The van der Waals surface area contributed by atoms with Gasteiger partial charge in [0.15, 0.2) is 0 Å². The first-order valence-electron chi connectivity index (χ1n) is 14.7. The molecule has 43 heavy (non-hydrogen) atoms. The minimum atomic E-state index is -0.714. The lowest BCUT2D eigenvalue weighted by molar-refractivity contribution is -0.155. The zero-order valence-electron chi connectivity index (χ0n) is 25.3. The van der Waals surface area contributed by atoms with Gasteiger partial charge in [0.05, 0.1) is 11.5 Å². The lowest BCUT2D eigenvalue weighted by Gasteiger charge is -2.56. The molecule has 9 heteroatoms. The van der Waals surface area contributed by atoms with Crippen molar-refractivity contribution in [2.45, 2.75) is 84.9 Å². The predicted molar refractivity (Wildman–Crippen MR) is 165 cm³/mol. The first-order chi connectivity index (χ1) is 20.2. The molecule has 0 radical (unpaired) electrons. The Balaban J connectivity index is 1.23. The van der Waals surface area contributed by atoms with Crippen LogP contribution in [-0.4, -0.2) is 34.7 Å². The normalized spacial score (nSPS) is 21.1. The third kappa shape index (κ3) is 7.09. The highest BCUT2D eigenvalue weighted by Crippen LogP contribution is 2.58. The van der Waals surface area contributed by atoms with Crippen molar-refractivity contribution in [1.82, 2.24) is 10.6 Å². The largest absolute Gasteiger partial charge is 0.481 e. The Labute approximate surface area is 255 Å². The summed E-state index contributed by atoms with van der Waals surface area (Å²) in [6.45, 7) is 9.51. The number of carbonyl (C=O) groups excluding carboxylic acids is 2. The van der Waals surface area contributed by atoms with Gasteiger partial charge in [-0.2, -0.15) is 0 Å². The molecular weight excluding hydrogens is 567 g/mol. The number of benzene rings is 2. The van der Waals surface area contributed by atoms with E-state index >= 15 is 0 Å². The molecular formula is C34H39FN2O5S. The second kappa shape index (κ2) is 11.8. The molecule has 2 saturated carbocycles. The predicted octanol–water partition coefficient (Wildman–Crippen LogP) is 7.16. The minimum Gasteiger partial charge on any atom is -0.481 e. The van der Waals surface area contributed by atoms with Crippen LogP contribution in [0.4, 0.5) is 9.18 Å².